The standard InChI is InChI=1S/C13H18N4O3/c1-9(12(19)20)16(2)11(18)10-5-6-14-13(15-10)17-7-3-4-8-17/h5-6,9H,3-4,7-8H2,1-2H3,(H,19,20). The molecule has 0 saturated carbocycles. The monoisotopic (exact) mass is 278 g/mol. The number of likely N-dealkylation sites (N-methyl/N-ethyl adjacent to an activating group) is 1. The van der Waals surface area contributed by atoms with Gasteiger partial charge in [0.1, 0.15) is 11.7 Å². The molecular weight excluding hydrogens is 260 g/mol. The van der Waals surface area contributed by atoms with Crippen LogP contribution in [-0.4, -0.2) is 58.0 Å². The van der Waals surface area contributed by atoms with E-state index in [2.05, 4.69) is 9.97 Å². The predicted octanol–water partition coefficient (Wildman–Crippen LogP) is 0.622. The number of amides is 1. The van der Waals surface area contributed by atoms with Gasteiger partial charge in [-0.05, 0) is 25.8 Å². The zero-order valence-corrected chi connectivity index (χ0v) is 11.6. The van der Waals surface area contributed by atoms with Gasteiger partial charge in [0.2, 0.25) is 5.95 Å². The van der Waals surface area contributed by atoms with E-state index in [0.717, 1.165) is 25.9 Å². The Bertz CT molecular complexity index is 514. The van der Waals surface area contributed by atoms with Crippen LogP contribution >= 0.6 is 0 Å². The molecule has 1 saturated heterocycles. The SMILES string of the molecule is CC(C(=O)O)N(C)C(=O)c1ccnc(N2CCCC2)n1. The molecule has 7 nitrogen and oxygen atoms in total. The van der Waals surface area contributed by atoms with E-state index in [0.29, 0.717) is 5.95 Å². The Morgan fingerprint density at radius 3 is 2.65 bits per heavy atom. The van der Waals surface area contributed by atoms with Gasteiger partial charge in [-0.1, -0.05) is 0 Å². The second-order valence-corrected chi connectivity index (χ2v) is 4.87. The largest absolute Gasteiger partial charge is 0.480 e. The van der Waals surface area contributed by atoms with Crippen LogP contribution in [0.4, 0.5) is 5.95 Å². The molecule has 1 atom stereocenters. The maximum absolute atomic E-state index is 12.2. The van der Waals surface area contributed by atoms with E-state index in [4.69, 9.17) is 5.11 Å². The summed E-state index contributed by atoms with van der Waals surface area (Å²) in [6, 6.07) is 0.611. The maximum Gasteiger partial charge on any atom is 0.326 e. The second-order valence-electron chi connectivity index (χ2n) is 4.87. The molecule has 0 bridgehead atoms. The van der Waals surface area contributed by atoms with Gasteiger partial charge >= 0.3 is 5.97 Å². The third kappa shape index (κ3) is 2.87. The molecule has 0 aromatic carbocycles. The number of rotatable bonds is 4. The van der Waals surface area contributed by atoms with Gasteiger partial charge < -0.3 is 14.9 Å². The molecule has 1 unspecified atom stereocenters. The summed E-state index contributed by atoms with van der Waals surface area (Å²) in [5.41, 5.74) is 0.220. The summed E-state index contributed by atoms with van der Waals surface area (Å²) < 4.78 is 0. The molecule has 1 aliphatic rings. The zero-order valence-electron chi connectivity index (χ0n) is 11.6. The highest BCUT2D eigenvalue weighted by Crippen LogP contribution is 2.16. The molecule has 20 heavy (non-hydrogen) atoms. The Kier molecular flexibility index (Phi) is 4.16. The molecule has 1 fully saturated rings. The molecule has 1 aliphatic heterocycles. The van der Waals surface area contributed by atoms with Crippen molar-refractivity contribution in [2.75, 3.05) is 25.0 Å². The number of aromatic nitrogens is 2. The molecule has 1 N–H and O–H groups in total. The van der Waals surface area contributed by atoms with Crippen molar-refractivity contribution >= 4 is 17.8 Å². The van der Waals surface area contributed by atoms with Crippen LogP contribution < -0.4 is 4.90 Å². The molecule has 2 rings (SSSR count). The predicted molar refractivity (Wildman–Crippen MR) is 72.7 cm³/mol. The van der Waals surface area contributed by atoms with Crippen molar-refractivity contribution in [1.29, 1.82) is 0 Å². The lowest BCUT2D eigenvalue weighted by Crippen LogP contribution is -2.40. The van der Waals surface area contributed by atoms with E-state index in [1.54, 1.807) is 0 Å². The van der Waals surface area contributed by atoms with Gasteiger partial charge in [-0.25, -0.2) is 14.8 Å². The molecule has 1 aromatic rings. The van der Waals surface area contributed by atoms with Gasteiger partial charge in [-0.15, -0.1) is 0 Å². The quantitative estimate of drug-likeness (QED) is 0.869. The van der Waals surface area contributed by atoms with Crippen molar-refractivity contribution in [3.63, 3.8) is 0 Å². The average Bonchev–Trinajstić information content (AvgIpc) is 2.99. The molecule has 0 aliphatic carbocycles. The Balaban J connectivity index is 2.17. The van der Waals surface area contributed by atoms with E-state index < -0.39 is 17.9 Å². The van der Waals surface area contributed by atoms with Crippen molar-refractivity contribution < 1.29 is 14.7 Å². The minimum atomic E-state index is -1.05. The van der Waals surface area contributed by atoms with Gasteiger partial charge in [0.15, 0.2) is 0 Å². The summed E-state index contributed by atoms with van der Waals surface area (Å²) >= 11 is 0. The third-order valence-electron chi connectivity index (χ3n) is 3.51. The maximum atomic E-state index is 12.2. The molecule has 1 amide bonds. The van der Waals surface area contributed by atoms with Gasteiger partial charge in [-0.3, -0.25) is 4.79 Å². The number of nitrogens with zero attached hydrogens (tertiary/aromatic N) is 4. The molecule has 0 radical (unpaired) electrons. The summed E-state index contributed by atoms with van der Waals surface area (Å²) in [5, 5.41) is 8.94. The number of carbonyl (C=O) groups is 2. The van der Waals surface area contributed by atoms with Crippen LogP contribution in [0.1, 0.15) is 30.3 Å². The Hall–Kier alpha value is -2.18. The highest BCUT2D eigenvalue weighted by molar-refractivity contribution is 5.94. The van der Waals surface area contributed by atoms with Crippen LogP contribution in [0.25, 0.3) is 0 Å². The van der Waals surface area contributed by atoms with Crippen LogP contribution in [-0.2, 0) is 4.79 Å². The first kappa shape index (κ1) is 14.2. The summed E-state index contributed by atoms with van der Waals surface area (Å²) in [6.07, 6.45) is 3.72. The van der Waals surface area contributed by atoms with Crippen LogP contribution in [0.5, 0.6) is 0 Å². The van der Waals surface area contributed by atoms with Gasteiger partial charge in [0, 0.05) is 26.3 Å². The highest BCUT2D eigenvalue weighted by atomic mass is 16.4. The molecule has 2 heterocycles. The lowest BCUT2D eigenvalue weighted by atomic mass is 10.2. The van der Waals surface area contributed by atoms with Gasteiger partial charge in [0.05, 0.1) is 0 Å². The molecular formula is C13H18N4O3. The van der Waals surface area contributed by atoms with Crippen LogP contribution in [0.3, 0.4) is 0 Å². The number of hydrogen-bond acceptors (Lipinski definition) is 5. The Morgan fingerprint density at radius 2 is 2.05 bits per heavy atom. The van der Waals surface area contributed by atoms with Crippen LogP contribution in [0, 0.1) is 0 Å². The van der Waals surface area contributed by atoms with Crippen LogP contribution in [0.2, 0.25) is 0 Å². The summed E-state index contributed by atoms with van der Waals surface area (Å²) in [5.74, 6) is -0.929. The smallest absolute Gasteiger partial charge is 0.326 e. The zero-order chi connectivity index (χ0) is 14.7. The van der Waals surface area contributed by atoms with Crippen LogP contribution in [0.15, 0.2) is 12.3 Å². The normalized spacial score (nSPS) is 16.0. The topological polar surface area (TPSA) is 86.6 Å². The van der Waals surface area contributed by atoms with E-state index in [1.165, 1.54) is 31.1 Å². The van der Waals surface area contributed by atoms with Crippen molar-refractivity contribution in [2.45, 2.75) is 25.8 Å². The van der Waals surface area contributed by atoms with Gasteiger partial charge in [0.25, 0.3) is 5.91 Å². The van der Waals surface area contributed by atoms with E-state index in [-0.39, 0.29) is 5.69 Å². The van der Waals surface area contributed by atoms with Crippen molar-refractivity contribution in [2.24, 2.45) is 0 Å². The van der Waals surface area contributed by atoms with Crippen molar-refractivity contribution in [3.8, 4) is 0 Å². The highest BCUT2D eigenvalue weighted by Gasteiger charge is 2.24. The molecule has 0 spiro atoms. The number of hydrogen-bond donors (Lipinski definition) is 1. The average molecular weight is 278 g/mol. The van der Waals surface area contributed by atoms with Crippen molar-refractivity contribution in [1.82, 2.24) is 14.9 Å². The fraction of sp³-hybridized carbons (Fsp3) is 0.538. The number of carbonyl (C=O) groups excluding carboxylic acids is 1. The van der Waals surface area contributed by atoms with E-state index >= 15 is 0 Å². The molecule has 1 aromatic heterocycles. The summed E-state index contributed by atoms with van der Waals surface area (Å²) in [4.78, 5) is 34.7. The first-order valence-electron chi connectivity index (χ1n) is 6.58. The Labute approximate surface area is 117 Å². The number of anilines is 1. The molecule has 108 valence electrons. The van der Waals surface area contributed by atoms with E-state index in [1.807, 2.05) is 4.90 Å². The molecule has 7 heteroatoms. The number of aliphatic carboxylic acids is 1. The minimum Gasteiger partial charge on any atom is -0.480 e. The lowest BCUT2D eigenvalue weighted by molar-refractivity contribution is -0.141. The fourth-order valence-electron chi connectivity index (χ4n) is 2.06. The fourth-order valence-corrected chi connectivity index (χ4v) is 2.06. The second kappa shape index (κ2) is 5.85. The lowest BCUT2D eigenvalue weighted by Gasteiger charge is -2.21. The first-order valence-corrected chi connectivity index (χ1v) is 6.58. The summed E-state index contributed by atoms with van der Waals surface area (Å²) in [7, 11) is 1.46. The van der Waals surface area contributed by atoms with Gasteiger partial charge in [-0.2, -0.15) is 0 Å². The van der Waals surface area contributed by atoms with E-state index in [9.17, 15) is 9.59 Å². The van der Waals surface area contributed by atoms with Crippen molar-refractivity contribution in [3.05, 3.63) is 18.0 Å². The minimum absolute atomic E-state index is 0.220. The Morgan fingerprint density at radius 1 is 1.40 bits per heavy atom. The number of carboxylic acids is 1. The first-order chi connectivity index (χ1) is 9.50. The third-order valence-corrected chi connectivity index (χ3v) is 3.51. The summed E-state index contributed by atoms with van der Waals surface area (Å²) in [6.45, 7) is 3.24. The number of carboxylic acid groups (broad SMARTS) is 1.